The Hall–Kier alpha value is -5.62. The minimum Gasteiger partial charge on any atom is -0.353 e. The van der Waals surface area contributed by atoms with Gasteiger partial charge in [0.05, 0.1) is 33.3 Å². The fraction of sp³-hybridized carbons (Fsp3) is 0.167. The van der Waals surface area contributed by atoms with Gasteiger partial charge in [0, 0.05) is 49.5 Å². The minimum absolute atomic E-state index is 0.0782. The molecule has 53 heavy (non-hydrogen) atoms. The van der Waals surface area contributed by atoms with Gasteiger partial charge >= 0.3 is 0 Å². The maximum atomic E-state index is 4.17. The molecule has 0 saturated carbocycles. The quantitative estimate of drug-likeness (QED) is 0.192. The lowest BCUT2D eigenvalue weighted by Gasteiger charge is -2.39. The van der Waals surface area contributed by atoms with Crippen LogP contribution < -0.4 is 10.6 Å². The van der Waals surface area contributed by atoms with E-state index in [0.29, 0.717) is 11.8 Å². The zero-order chi connectivity index (χ0) is 34.6. The molecule has 5 aliphatic rings. The predicted molar refractivity (Wildman–Crippen MR) is 223 cm³/mol. The summed E-state index contributed by atoms with van der Waals surface area (Å²) >= 11 is 1.96. The summed E-state index contributed by atoms with van der Waals surface area (Å²) in [6.45, 7) is 0. The molecule has 1 fully saturated rings. The van der Waals surface area contributed by atoms with E-state index in [1.54, 1.807) is 0 Å². The Morgan fingerprint density at radius 1 is 0.660 bits per heavy atom. The summed E-state index contributed by atoms with van der Waals surface area (Å²) in [4.78, 5) is 1.39. The third kappa shape index (κ3) is 4.32. The number of nitrogens with zero attached hydrogens (tertiary/aromatic N) is 2. The van der Waals surface area contributed by atoms with Crippen LogP contribution in [0.4, 0.5) is 0 Å². The van der Waals surface area contributed by atoms with Crippen LogP contribution in [0.1, 0.15) is 59.6 Å². The molecule has 4 heterocycles. The van der Waals surface area contributed by atoms with Crippen molar-refractivity contribution in [3.63, 3.8) is 0 Å². The number of para-hydroxylation sites is 1. The monoisotopic (exact) mass is 702 g/mol. The molecular formula is C48H38N4S. The van der Waals surface area contributed by atoms with Crippen molar-refractivity contribution in [1.29, 1.82) is 0 Å². The Kier molecular flexibility index (Phi) is 6.45. The topological polar surface area (TPSA) is 33.9 Å². The van der Waals surface area contributed by atoms with Crippen molar-refractivity contribution in [2.45, 2.75) is 43.6 Å². The molecule has 4 aromatic carbocycles. The van der Waals surface area contributed by atoms with E-state index in [4.69, 9.17) is 0 Å². The van der Waals surface area contributed by atoms with E-state index >= 15 is 0 Å². The Balaban J connectivity index is 1.18. The Bertz CT molecular complexity index is 2900. The third-order valence-electron chi connectivity index (χ3n) is 12.3. The fourth-order valence-corrected chi connectivity index (χ4v) is 11.3. The van der Waals surface area contributed by atoms with Crippen LogP contribution in [0.5, 0.6) is 0 Å². The van der Waals surface area contributed by atoms with E-state index in [9.17, 15) is 0 Å². The molecule has 0 bridgehead atoms. The first-order valence-corrected chi connectivity index (χ1v) is 19.9. The second-order valence-electron chi connectivity index (χ2n) is 15.1. The zero-order valence-electron chi connectivity index (χ0n) is 29.2. The van der Waals surface area contributed by atoms with Gasteiger partial charge in [0.25, 0.3) is 0 Å². The normalized spacial score (nSPS) is 24.5. The molecular weight excluding hydrogens is 665 g/mol. The molecule has 3 aromatic heterocycles. The van der Waals surface area contributed by atoms with Crippen LogP contribution in [0, 0.1) is 5.92 Å². The number of benzene rings is 4. The average molecular weight is 703 g/mol. The Morgan fingerprint density at radius 3 is 2.40 bits per heavy atom. The van der Waals surface area contributed by atoms with Crippen LogP contribution in [0.15, 0.2) is 157 Å². The highest BCUT2D eigenvalue weighted by Gasteiger charge is 2.35. The molecule has 4 aliphatic carbocycles. The predicted octanol–water partition coefficient (Wildman–Crippen LogP) is 12.0. The summed E-state index contributed by atoms with van der Waals surface area (Å²) in [5.41, 5.74) is 10.5. The van der Waals surface area contributed by atoms with Crippen molar-refractivity contribution < 1.29 is 0 Å². The van der Waals surface area contributed by atoms with Gasteiger partial charge in [0.15, 0.2) is 6.29 Å². The zero-order valence-corrected chi connectivity index (χ0v) is 30.1. The van der Waals surface area contributed by atoms with Crippen LogP contribution in [0.25, 0.3) is 59.8 Å². The van der Waals surface area contributed by atoms with Crippen molar-refractivity contribution in [2.75, 3.05) is 0 Å². The Morgan fingerprint density at radius 2 is 1.47 bits per heavy atom. The first kappa shape index (κ1) is 29.9. The molecule has 5 unspecified atom stereocenters. The summed E-state index contributed by atoms with van der Waals surface area (Å²) in [7, 11) is 0. The molecule has 5 heteroatoms. The van der Waals surface area contributed by atoms with Crippen molar-refractivity contribution in [2.24, 2.45) is 5.92 Å². The van der Waals surface area contributed by atoms with E-state index in [1.165, 1.54) is 81.0 Å². The molecule has 256 valence electrons. The maximum Gasteiger partial charge on any atom is 0.160 e. The van der Waals surface area contributed by atoms with Crippen molar-refractivity contribution in [1.82, 2.24) is 19.8 Å². The van der Waals surface area contributed by atoms with Gasteiger partial charge in [-0.05, 0) is 65.6 Å². The van der Waals surface area contributed by atoms with E-state index < -0.39 is 0 Å². The molecule has 4 nitrogen and oxygen atoms in total. The molecule has 1 saturated heterocycles. The second kappa shape index (κ2) is 11.4. The number of hydrogen-bond acceptors (Lipinski definition) is 3. The van der Waals surface area contributed by atoms with Gasteiger partial charge in [0.2, 0.25) is 0 Å². The van der Waals surface area contributed by atoms with Crippen molar-refractivity contribution in [3.8, 4) is 0 Å². The van der Waals surface area contributed by atoms with Crippen molar-refractivity contribution in [3.05, 3.63) is 173 Å². The SMILES string of the molecule is C1=CCC(n2c3ccccc3c3cc4c5ccc6c7c(sc6c5n(C5NC6=CCCC=C6C(c6ccccc6)N5)c4cc32)C=CC2C=CC=CC72)C=C1. The molecule has 12 rings (SSSR count). The lowest BCUT2D eigenvalue weighted by atomic mass is 9.78. The minimum atomic E-state index is -0.167. The number of aromatic nitrogens is 2. The number of thiophene rings is 1. The first-order chi connectivity index (χ1) is 26.3. The first-order valence-electron chi connectivity index (χ1n) is 19.1. The van der Waals surface area contributed by atoms with Crippen LogP contribution in [0.3, 0.4) is 0 Å². The van der Waals surface area contributed by atoms with E-state index in [-0.39, 0.29) is 18.4 Å². The molecule has 0 amide bonds. The number of nitrogens with one attached hydrogen (secondary N) is 2. The van der Waals surface area contributed by atoms with Gasteiger partial charge in [-0.3, -0.25) is 5.32 Å². The van der Waals surface area contributed by atoms with E-state index in [2.05, 4.69) is 172 Å². The molecule has 2 N–H and O–H groups in total. The number of fused-ring (bicyclic) bond motifs is 13. The highest BCUT2D eigenvalue weighted by atomic mass is 32.1. The highest BCUT2D eigenvalue weighted by molar-refractivity contribution is 7.21. The third-order valence-corrected chi connectivity index (χ3v) is 13.5. The number of allylic oxidation sites excluding steroid dienone is 11. The fourth-order valence-electron chi connectivity index (χ4n) is 9.96. The largest absolute Gasteiger partial charge is 0.353 e. The maximum absolute atomic E-state index is 4.17. The van der Waals surface area contributed by atoms with Gasteiger partial charge in [-0.2, -0.15) is 0 Å². The average Bonchev–Trinajstić information content (AvgIpc) is 3.88. The van der Waals surface area contributed by atoms with Crippen LogP contribution >= 0.6 is 11.3 Å². The molecule has 5 atom stereocenters. The van der Waals surface area contributed by atoms with Gasteiger partial charge in [0.1, 0.15) is 0 Å². The van der Waals surface area contributed by atoms with Crippen LogP contribution in [-0.4, -0.2) is 9.13 Å². The summed E-state index contributed by atoms with van der Waals surface area (Å²) in [5.74, 6) is 0.769. The number of hydrogen-bond donors (Lipinski definition) is 2. The van der Waals surface area contributed by atoms with Gasteiger partial charge < -0.3 is 14.5 Å². The standard InChI is InChI=1S/C48H38N4S/c1-3-14-30(15-4-1)45-35-20-9-11-21-39(35)49-48(50-45)52-42-28-41-37(33-19-10-12-22-40(33)51(41)31-16-5-2-6-17-31)27-38(42)34-24-25-36-44-32-18-8-7-13-29(32)23-26-43(44)53-47(36)46(34)52/h1-8,10,12-16,18-29,31-32,45,48-50H,9,11,17H2. The van der Waals surface area contributed by atoms with Gasteiger partial charge in [-0.25, -0.2) is 0 Å². The lowest BCUT2D eigenvalue weighted by Crippen LogP contribution is -2.46. The summed E-state index contributed by atoms with van der Waals surface area (Å²) < 4.78 is 6.57. The highest BCUT2D eigenvalue weighted by Crippen LogP contribution is 2.50. The van der Waals surface area contributed by atoms with Crippen LogP contribution in [-0.2, 0) is 0 Å². The molecule has 1 aliphatic heterocycles. The van der Waals surface area contributed by atoms with E-state index in [0.717, 1.165) is 19.3 Å². The smallest absolute Gasteiger partial charge is 0.160 e. The lowest BCUT2D eigenvalue weighted by molar-refractivity contribution is 0.316. The summed E-state index contributed by atoms with van der Waals surface area (Å²) in [6.07, 6.45) is 30.8. The Labute approximate surface area is 312 Å². The van der Waals surface area contributed by atoms with E-state index in [1.807, 2.05) is 11.3 Å². The van der Waals surface area contributed by atoms with Crippen LogP contribution in [0.2, 0.25) is 0 Å². The molecule has 7 aromatic rings. The summed E-state index contributed by atoms with van der Waals surface area (Å²) in [6, 6.07) is 30.2. The second-order valence-corrected chi connectivity index (χ2v) is 16.2. The summed E-state index contributed by atoms with van der Waals surface area (Å²) in [5, 5.41) is 14.8. The molecule has 0 spiro atoms. The molecule has 0 radical (unpaired) electrons. The number of rotatable bonds is 3. The van der Waals surface area contributed by atoms with Crippen molar-refractivity contribution >= 4 is 71.1 Å². The van der Waals surface area contributed by atoms with Gasteiger partial charge in [-0.15, -0.1) is 11.3 Å². The van der Waals surface area contributed by atoms with Gasteiger partial charge in [-0.1, -0.05) is 127 Å².